The Kier molecular flexibility index (Phi) is 6.99. The van der Waals surface area contributed by atoms with Gasteiger partial charge < -0.3 is 19.5 Å². The van der Waals surface area contributed by atoms with Gasteiger partial charge in [0.1, 0.15) is 5.75 Å². The van der Waals surface area contributed by atoms with Crippen molar-refractivity contribution in [2.75, 3.05) is 26.6 Å². The minimum absolute atomic E-state index is 0.206. The number of methoxy groups -OCH3 is 3. The lowest BCUT2D eigenvalue weighted by Gasteiger charge is -2.09. The van der Waals surface area contributed by atoms with E-state index >= 15 is 0 Å². The lowest BCUT2D eigenvalue weighted by Crippen LogP contribution is -2.32. The standard InChI is InChI=1S/C19H20N2O4S/c1-23-15-8-6-14(7-9-15)20-19(26)21-18(22)11-5-13-4-10-16(24-2)17(12-13)25-3/h4-12H,1-3H3,(H2,20,21,22,26)/b11-5+. The van der Waals surface area contributed by atoms with Crippen molar-refractivity contribution in [2.24, 2.45) is 0 Å². The second-order valence-corrected chi connectivity index (χ2v) is 5.53. The molecule has 0 aliphatic rings. The van der Waals surface area contributed by atoms with Gasteiger partial charge in [0.25, 0.3) is 0 Å². The van der Waals surface area contributed by atoms with Gasteiger partial charge in [-0.3, -0.25) is 10.1 Å². The number of hydrogen-bond acceptors (Lipinski definition) is 5. The Bertz CT molecular complexity index is 804. The van der Waals surface area contributed by atoms with Gasteiger partial charge in [-0.1, -0.05) is 6.07 Å². The highest BCUT2D eigenvalue weighted by atomic mass is 32.1. The molecule has 0 atom stereocenters. The van der Waals surface area contributed by atoms with Crippen molar-refractivity contribution in [2.45, 2.75) is 0 Å². The molecule has 2 N–H and O–H groups in total. The Morgan fingerprint density at radius 1 is 0.962 bits per heavy atom. The van der Waals surface area contributed by atoms with Crippen molar-refractivity contribution >= 4 is 35.0 Å². The molecule has 0 aliphatic heterocycles. The van der Waals surface area contributed by atoms with Crippen LogP contribution in [0.25, 0.3) is 6.08 Å². The van der Waals surface area contributed by atoms with E-state index in [2.05, 4.69) is 10.6 Å². The summed E-state index contributed by atoms with van der Waals surface area (Å²) >= 11 is 5.13. The highest BCUT2D eigenvalue weighted by Gasteiger charge is 2.04. The van der Waals surface area contributed by atoms with E-state index in [4.69, 9.17) is 26.4 Å². The lowest BCUT2D eigenvalue weighted by atomic mass is 10.2. The molecule has 0 saturated carbocycles. The van der Waals surface area contributed by atoms with Crippen LogP contribution in [0.1, 0.15) is 5.56 Å². The average Bonchev–Trinajstić information content (AvgIpc) is 2.66. The Morgan fingerprint density at radius 2 is 1.65 bits per heavy atom. The van der Waals surface area contributed by atoms with Crippen molar-refractivity contribution in [3.05, 3.63) is 54.1 Å². The van der Waals surface area contributed by atoms with E-state index in [0.717, 1.165) is 17.0 Å². The van der Waals surface area contributed by atoms with Crippen molar-refractivity contribution in [1.82, 2.24) is 5.32 Å². The summed E-state index contributed by atoms with van der Waals surface area (Å²) in [6.07, 6.45) is 3.05. The number of thiocarbonyl (C=S) groups is 1. The maximum Gasteiger partial charge on any atom is 0.250 e. The third-order valence-electron chi connectivity index (χ3n) is 3.42. The molecule has 0 heterocycles. The SMILES string of the molecule is COc1ccc(NC(=S)NC(=O)/C=C/c2ccc(OC)c(OC)c2)cc1. The van der Waals surface area contributed by atoms with Crippen LogP contribution in [0.2, 0.25) is 0 Å². The summed E-state index contributed by atoms with van der Waals surface area (Å²) < 4.78 is 15.5. The second kappa shape index (κ2) is 9.43. The van der Waals surface area contributed by atoms with Gasteiger partial charge in [-0.25, -0.2) is 0 Å². The first-order valence-corrected chi connectivity index (χ1v) is 8.12. The van der Waals surface area contributed by atoms with Gasteiger partial charge in [0, 0.05) is 11.8 Å². The fraction of sp³-hybridized carbons (Fsp3) is 0.158. The molecule has 0 fully saturated rings. The smallest absolute Gasteiger partial charge is 0.250 e. The van der Waals surface area contributed by atoms with Crippen molar-refractivity contribution in [3.8, 4) is 17.2 Å². The highest BCUT2D eigenvalue weighted by molar-refractivity contribution is 7.80. The van der Waals surface area contributed by atoms with Crippen LogP contribution in [0, 0.1) is 0 Å². The van der Waals surface area contributed by atoms with Crippen LogP contribution in [0.3, 0.4) is 0 Å². The Morgan fingerprint density at radius 3 is 2.27 bits per heavy atom. The number of anilines is 1. The fourth-order valence-electron chi connectivity index (χ4n) is 2.12. The first-order valence-electron chi connectivity index (χ1n) is 7.72. The number of carbonyl (C=O) groups excluding carboxylic acids is 1. The van der Waals surface area contributed by atoms with Gasteiger partial charge in [0.05, 0.1) is 21.3 Å². The van der Waals surface area contributed by atoms with Crippen LogP contribution in [0.5, 0.6) is 17.2 Å². The van der Waals surface area contributed by atoms with E-state index in [1.54, 1.807) is 63.8 Å². The van der Waals surface area contributed by atoms with E-state index in [1.165, 1.54) is 6.08 Å². The van der Waals surface area contributed by atoms with Crippen molar-refractivity contribution in [3.63, 3.8) is 0 Å². The van der Waals surface area contributed by atoms with Crippen molar-refractivity contribution in [1.29, 1.82) is 0 Å². The Balaban J connectivity index is 1.92. The van der Waals surface area contributed by atoms with Crippen LogP contribution in [0.4, 0.5) is 5.69 Å². The zero-order chi connectivity index (χ0) is 18.9. The zero-order valence-electron chi connectivity index (χ0n) is 14.7. The molecule has 0 bridgehead atoms. The monoisotopic (exact) mass is 372 g/mol. The summed E-state index contributed by atoms with van der Waals surface area (Å²) in [5.41, 5.74) is 1.55. The Labute approximate surface area is 157 Å². The largest absolute Gasteiger partial charge is 0.497 e. The molecule has 7 heteroatoms. The van der Waals surface area contributed by atoms with E-state index in [9.17, 15) is 4.79 Å². The van der Waals surface area contributed by atoms with Gasteiger partial charge >= 0.3 is 0 Å². The molecular weight excluding hydrogens is 352 g/mol. The molecule has 0 aromatic heterocycles. The Hall–Kier alpha value is -3.06. The number of rotatable bonds is 6. The predicted octanol–water partition coefficient (Wildman–Crippen LogP) is 3.24. The molecule has 6 nitrogen and oxygen atoms in total. The van der Waals surface area contributed by atoms with Crippen molar-refractivity contribution < 1.29 is 19.0 Å². The molecule has 2 aromatic rings. The fourth-order valence-corrected chi connectivity index (χ4v) is 2.34. The van der Waals surface area contributed by atoms with Crippen LogP contribution in [-0.2, 0) is 4.79 Å². The zero-order valence-corrected chi connectivity index (χ0v) is 15.6. The normalized spacial score (nSPS) is 10.3. The maximum absolute atomic E-state index is 12.0. The summed E-state index contributed by atoms with van der Waals surface area (Å²) in [6, 6.07) is 12.6. The molecule has 2 rings (SSSR count). The van der Waals surface area contributed by atoms with E-state index in [1.807, 2.05) is 6.07 Å². The number of hydrogen-bond donors (Lipinski definition) is 2. The van der Waals surface area contributed by atoms with Crippen LogP contribution in [-0.4, -0.2) is 32.3 Å². The first kappa shape index (κ1) is 19.3. The minimum Gasteiger partial charge on any atom is -0.497 e. The third kappa shape index (κ3) is 5.49. The number of amides is 1. The number of ether oxygens (including phenoxy) is 3. The molecule has 0 saturated heterocycles. The second-order valence-electron chi connectivity index (χ2n) is 5.12. The lowest BCUT2D eigenvalue weighted by molar-refractivity contribution is -0.115. The molecule has 136 valence electrons. The molecule has 1 amide bonds. The van der Waals surface area contributed by atoms with Crippen LogP contribution >= 0.6 is 12.2 Å². The number of nitrogens with one attached hydrogen (secondary N) is 2. The molecule has 0 unspecified atom stereocenters. The summed E-state index contributed by atoms with van der Waals surface area (Å²) in [7, 11) is 4.72. The third-order valence-corrected chi connectivity index (χ3v) is 3.62. The van der Waals surface area contributed by atoms with E-state index in [-0.39, 0.29) is 11.0 Å². The number of benzene rings is 2. The number of carbonyl (C=O) groups is 1. The first-order chi connectivity index (χ1) is 12.5. The average molecular weight is 372 g/mol. The van der Waals surface area contributed by atoms with Gasteiger partial charge in [-0.15, -0.1) is 0 Å². The molecule has 0 aliphatic carbocycles. The van der Waals surface area contributed by atoms with Gasteiger partial charge in [-0.2, -0.15) is 0 Å². The highest BCUT2D eigenvalue weighted by Crippen LogP contribution is 2.27. The van der Waals surface area contributed by atoms with Crippen LogP contribution in [0.15, 0.2) is 48.5 Å². The van der Waals surface area contributed by atoms with Crippen LogP contribution < -0.4 is 24.8 Å². The minimum atomic E-state index is -0.342. The summed E-state index contributed by atoms with van der Waals surface area (Å²) in [5, 5.41) is 5.72. The molecular formula is C19H20N2O4S. The quantitative estimate of drug-likeness (QED) is 0.599. The maximum atomic E-state index is 12.0. The van der Waals surface area contributed by atoms with Gasteiger partial charge in [0.15, 0.2) is 16.6 Å². The molecule has 0 spiro atoms. The summed E-state index contributed by atoms with van der Waals surface area (Å²) in [6.45, 7) is 0. The molecule has 0 radical (unpaired) electrons. The van der Waals surface area contributed by atoms with E-state index < -0.39 is 0 Å². The molecule has 26 heavy (non-hydrogen) atoms. The summed E-state index contributed by atoms with van der Waals surface area (Å²) in [5.74, 6) is 1.61. The molecule has 2 aromatic carbocycles. The van der Waals surface area contributed by atoms with Gasteiger partial charge in [-0.05, 0) is 60.3 Å². The topological polar surface area (TPSA) is 68.8 Å². The van der Waals surface area contributed by atoms with E-state index in [0.29, 0.717) is 11.5 Å². The van der Waals surface area contributed by atoms with Gasteiger partial charge in [0.2, 0.25) is 5.91 Å². The predicted molar refractivity (Wildman–Crippen MR) is 106 cm³/mol. The summed E-state index contributed by atoms with van der Waals surface area (Å²) in [4.78, 5) is 12.0.